The van der Waals surface area contributed by atoms with Gasteiger partial charge in [-0.15, -0.1) is 11.6 Å². The van der Waals surface area contributed by atoms with Gasteiger partial charge < -0.3 is 0 Å². The van der Waals surface area contributed by atoms with E-state index in [0.29, 0.717) is 5.88 Å². The van der Waals surface area contributed by atoms with Crippen LogP contribution in [0.25, 0.3) is 0 Å². The number of benzene rings is 1. The molecule has 0 N–H and O–H groups in total. The molecular weight excluding hydrogens is 168 g/mol. The Morgan fingerprint density at radius 1 is 1.08 bits per heavy atom. The number of hydrogen-bond acceptors (Lipinski definition) is 0. The normalized spacial score (nSPS) is 9.08. The molecule has 0 amide bonds. The van der Waals surface area contributed by atoms with E-state index < -0.39 is 0 Å². The fourth-order valence-corrected chi connectivity index (χ4v) is 0.745. The fourth-order valence-electron chi connectivity index (χ4n) is 0.567. The number of halogens is 1. The van der Waals surface area contributed by atoms with E-state index in [1.807, 2.05) is 30.3 Å². The molecule has 0 nitrogen and oxygen atoms in total. The standard InChI is InChI=1S/C7H7Cl.C4H10/c8-6-7-4-2-1-3-5-7;1-4(2)3/h1-5H,6H2;4H,1-3H3. The van der Waals surface area contributed by atoms with Crippen LogP contribution in [-0.2, 0) is 5.88 Å². The number of hydrogen-bond donors (Lipinski definition) is 0. The molecule has 0 aliphatic heterocycles. The number of rotatable bonds is 1. The van der Waals surface area contributed by atoms with Crippen LogP contribution in [0.1, 0.15) is 26.3 Å². The summed E-state index contributed by atoms with van der Waals surface area (Å²) in [6.07, 6.45) is 0. The van der Waals surface area contributed by atoms with Crippen LogP contribution in [0.15, 0.2) is 30.3 Å². The van der Waals surface area contributed by atoms with Crippen molar-refractivity contribution in [3.05, 3.63) is 35.9 Å². The van der Waals surface area contributed by atoms with Crippen LogP contribution in [-0.4, -0.2) is 0 Å². The smallest absolute Gasteiger partial charge is 0.0474 e. The van der Waals surface area contributed by atoms with Gasteiger partial charge in [0.25, 0.3) is 0 Å². The molecule has 1 aromatic carbocycles. The molecule has 0 fully saturated rings. The van der Waals surface area contributed by atoms with Crippen molar-refractivity contribution in [2.24, 2.45) is 5.92 Å². The molecule has 0 heterocycles. The van der Waals surface area contributed by atoms with E-state index in [4.69, 9.17) is 11.6 Å². The van der Waals surface area contributed by atoms with E-state index in [2.05, 4.69) is 20.8 Å². The van der Waals surface area contributed by atoms with Gasteiger partial charge in [0, 0.05) is 5.88 Å². The topological polar surface area (TPSA) is 0 Å². The van der Waals surface area contributed by atoms with Crippen molar-refractivity contribution in [3.8, 4) is 0 Å². The van der Waals surface area contributed by atoms with Crippen molar-refractivity contribution in [2.75, 3.05) is 0 Å². The molecule has 1 rings (SSSR count). The van der Waals surface area contributed by atoms with Crippen LogP contribution in [0.2, 0.25) is 0 Å². The zero-order valence-corrected chi connectivity index (χ0v) is 8.81. The Balaban J connectivity index is 0.000000261. The van der Waals surface area contributed by atoms with E-state index in [1.165, 1.54) is 5.56 Å². The van der Waals surface area contributed by atoms with Gasteiger partial charge in [0.1, 0.15) is 0 Å². The third-order valence-corrected chi connectivity index (χ3v) is 1.31. The van der Waals surface area contributed by atoms with Crippen LogP contribution in [0.5, 0.6) is 0 Å². The Bertz CT molecular complexity index is 177. The van der Waals surface area contributed by atoms with Crippen molar-refractivity contribution < 1.29 is 0 Å². The van der Waals surface area contributed by atoms with Crippen LogP contribution in [0.4, 0.5) is 0 Å². The molecule has 0 aromatic heterocycles. The molecule has 0 saturated carbocycles. The van der Waals surface area contributed by atoms with Gasteiger partial charge in [-0.25, -0.2) is 0 Å². The van der Waals surface area contributed by atoms with Crippen molar-refractivity contribution in [3.63, 3.8) is 0 Å². The summed E-state index contributed by atoms with van der Waals surface area (Å²) in [7, 11) is 0. The molecule has 0 radical (unpaired) electrons. The zero-order valence-electron chi connectivity index (χ0n) is 8.05. The molecule has 0 aliphatic carbocycles. The van der Waals surface area contributed by atoms with Gasteiger partial charge in [-0.3, -0.25) is 0 Å². The average molecular weight is 185 g/mol. The minimum Gasteiger partial charge on any atom is -0.122 e. The molecular formula is C11H17Cl. The lowest BCUT2D eigenvalue weighted by atomic mass is 10.2. The van der Waals surface area contributed by atoms with Gasteiger partial charge in [0.15, 0.2) is 0 Å². The minimum absolute atomic E-state index is 0.612. The molecule has 0 bridgehead atoms. The van der Waals surface area contributed by atoms with Crippen LogP contribution >= 0.6 is 11.6 Å². The first-order valence-corrected chi connectivity index (χ1v) is 4.80. The van der Waals surface area contributed by atoms with Gasteiger partial charge in [-0.1, -0.05) is 51.1 Å². The predicted octanol–water partition coefficient (Wildman–Crippen LogP) is 4.09. The van der Waals surface area contributed by atoms with Gasteiger partial charge in [0.2, 0.25) is 0 Å². The monoisotopic (exact) mass is 184 g/mol. The maximum atomic E-state index is 5.53. The fraction of sp³-hybridized carbons (Fsp3) is 0.455. The molecule has 0 aliphatic rings. The molecule has 0 unspecified atom stereocenters. The number of alkyl halides is 1. The molecule has 0 saturated heterocycles. The second-order valence-electron chi connectivity index (χ2n) is 3.35. The van der Waals surface area contributed by atoms with E-state index >= 15 is 0 Å². The third-order valence-electron chi connectivity index (χ3n) is 0.997. The summed E-state index contributed by atoms with van der Waals surface area (Å²) in [6, 6.07) is 9.96. The highest BCUT2D eigenvalue weighted by atomic mass is 35.5. The first-order chi connectivity index (χ1) is 5.66. The Morgan fingerprint density at radius 2 is 1.50 bits per heavy atom. The highest BCUT2D eigenvalue weighted by molar-refractivity contribution is 6.17. The molecule has 1 heteroatoms. The first-order valence-electron chi connectivity index (χ1n) is 4.26. The van der Waals surface area contributed by atoms with E-state index in [1.54, 1.807) is 0 Å². The van der Waals surface area contributed by atoms with Gasteiger partial charge in [-0.2, -0.15) is 0 Å². The molecule has 12 heavy (non-hydrogen) atoms. The van der Waals surface area contributed by atoms with Crippen molar-refractivity contribution >= 4 is 11.6 Å². The van der Waals surface area contributed by atoms with E-state index in [9.17, 15) is 0 Å². The van der Waals surface area contributed by atoms with Crippen molar-refractivity contribution in [1.82, 2.24) is 0 Å². The van der Waals surface area contributed by atoms with Crippen LogP contribution < -0.4 is 0 Å². The van der Waals surface area contributed by atoms with E-state index in [0.717, 1.165) is 5.92 Å². The zero-order chi connectivity index (χ0) is 9.40. The lowest BCUT2D eigenvalue weighted by Crippen LogP contribution is -1.71. The summed E-state index contributed by atoms with van der Waals surface area (Å²) < 4.78 is 0. The maximum Gasteiger partial charge on any atom is 0.0474 e. The maximum absolute atomic E-state index is 5.53. The van der Waals surface area contributed by atoms with Crippen LogP contribution in [0.3, 0.4) is 0 Å². The summed E-state index contributed by atoms with van der Waals surface area (Å²) >= 11 is 5.53. The minimum atomic E-state index is 0.612. The molecule has 1 aromatic rings. The lowest BCUT2D eigenvalue weighted by Gasteiger charge is -1.88. The summed E-state index contributed by atoms with van der Waals surface area (Å²) in [4.78, 5) is 0. The molecule has 0 atom stereocenters. The van der Waals surface area contributed by atoms with Gasteiger partial charge in [-0.05, 0) is 11.5 Å². The Morgan fingerprint density at radius 3 is 1.75 bits per heavy atom. The average Bonchev–Trinajstić information content (AvgIpc) is 2.05. The molecule has 68 valence electrons. The van der Waals surface area contributed by atoms with Gasteiger partial charge in [0.05, 0.1) is 0 Å². The second-order valence-corrected chi connectivity index (χ2v) is 3.62. The van der Waals surface area contributed by atoms with Crippen LogP contribution in [0, 0.1) is 5.92 Å². The SMILES string of the molecule is CC(C)C.ClCc1ccccc1. The predicted molar refractivity (Wildman–Crippen MR) is 56.5 cm³/mol. The van der Waals surface area contributed by atoms with E-state index in [-0.39, 0.29) is 0 Å². The summed E-state index contributed by atoms with van der Waals surface area (Å²) in [6.45, 7) is 6.50. The Kier molecular flexibility index (Phi) is 6.88. The third kappa shape index (κ3) is 7.62. The highest BCUT2D eigenvalue weighted by Crippen LogP contribution is 2.00. The first kappa shape index (κ1) is 11.5. The second kappa shape index (κ2) is 7.17. The van der Waals surface area contributed by atoms with Gasteiger partial charge >= 0.3 is 0 Å². The largest absolute Gasteiger partial charge is 0.122 e. The summed E-state index contributed by atoms with van der Waals surface area (Å²) in [5.41, 5.74) is 1.18. The van der Waals surface area contributed by atoms with Crippen molar-refractivity contribution in [1.29, 1.82) is 0 Å². The Labute approximate surface area is 80.6 Å². The Hall–Kier alpha value is -0.490. The summed E-state index contributed by atoms with van der Waals surface area (Å²) in [5, 5.41) is 0. The van der Waals surface area contributed by atoms with Crippen molar-refractivity contribution in [2.45, 2.75) is 26.7 Å². The molecule has 0 spiro atoms. The summed E-state index contributed by atoms with van der Waals surface area (Å²) in [5.74, 6) is 1.45. The quantitative estimate of drug-likeness (QED) is 0.577. The highest BCUT2D eigenvalue weighted by Gasteiger charge is 1.81. The lowest BCUT2D eigenvalue weighted by molar-refractivity contribution is 0.737.